The third-order valence-corrected chi connectivity index (χ3v) is 4.30. The van der Waals surface area contributed by atoms with E-state index in [-0.39, 0.29) is 10.6 Å². The number of non-ortho nitro benzene ring substituents is 1. The highest BCUT2D eigenvalue weighted by atomic mass is 16.6. The average molecular weight is 323 g/mol. The standard InChI is InChI=1S/C19H21N3O2/c1-3-4-8-18-20-19-14(2)6-5-7-17(19)21(18)13-15-9-11-16(12-10-15)22(23)24/h5-7,9-12H,3-4,8,13H2,1-2H3. The molecule has 2 aromatic carbocycles. The zero-order valence-corrected chi connectivity index (χ0v) is 14.0. The zero-order chi connectivity index (χ0) is 17.1. The molecule has 0 aliphatic rings. The van der Waals surface area contributed by atoms with E-state index in [9.17, 15) is 10.1 Å². The van der Waals surface area contributed by atoms with Crippen LogP contribution >= 0.6 is 0 Å². The molecule has 5 heteroatoms. The minimum Gasteiger partial charge on any atom is -0.323 e. The first kappa shape index (κ1) is 16.2. The van der Waals surface area contributed by atoms with Crippen LogP contribution < -0.4 is 0 Å². The smallest absolute Gasteiger partial charge is 0.269 e. The zero-order valence-electron chi connectivity index (χ0n) is 14.0. The maximum absolute atomic E-state index is 10.8. The molecule has 1 aromatic heterocycles. The SMILES string of the molecule is CCCCc1nc2c(C)cccc2n1Cc1ccc([N+](=O)[O-])cc1. The van der Waals surface area contributed by atoms with E-state index in [4.69, 9.17) is 4.98 Å². The summed E-state index contributed by atoms with van der Waals surface area (Å²) in [6.07, 6.45) is 3.17. The number of hydrogen-bond donors (Lipinski definition) is 0. The number of aryl methyl sites for hydroxylation is 2. The Morgan fingerprint density at radius 3 is 2.58 bits per heavy atom. The quantitative estimate of drug-likeness (QED) is 0.490. The lowest BCUT2D eigenvalue weighted by Gasteiger charge is -2.09. The highest BCUT2D eigenvalue weighted by Crippen LogP contribution is 2.23. The average Bonchev–Trinajstić information content (AvgIpc) is 2.93. The van der Waals surface area contributed by atoms with E-state index in [1.54, 1.807) is 12.1 Å². The molecule has 0 unspecified atom stereocenters. The molecule has 0 saturated heterocycles. The summed E-state index contributed by atoms with van der Waals surface area (Å²) >= 11 is 0. The fourth-order valence-electron chi connectivity index (χ4n) is 2.94. The Hall–Kier alpha value is -2.69. The van der Waals surface area contributed by atoms with Gasteiger partial charge in [-0.1, -0.05) is 37.6 Å². The summed E-state index contributed by atoms with van der Waals surface area (Å²) in [7, 11) is 0. The summed E-state index contributed by atoms with van der Waals surface area (Å²) in [6.45, 7) is 4.93. The third-order valence-electron chi connectivity index (χ3n) is 4.30. The van der Waals surface area contributed by atoms with Gasteiger partial charge in [-0.05, 0) is 30.5 Å². The van der Waals surface area contributed by atoms with Gasteiger partial charge >= 0.3 is 0 Å². The normalized spacial score (nSPS) is 11.1. The molecular formula is C19H21N3O2. The lowest BCUT2D eigenvalue weighted by Crippen LogP contribution is -2.05. The van der Waals surface area contributed by atoms with Crippen LogP contribution in [0.3, 0.4) is 0 Å². The first-order valence-corrected chi connectivity index (χ1v) is 8.28. The van der Waals surface area contributed by atoms with E-state index in [0.29, 0.717) is 6.54 Å². The lowest BCUT2D eigenvalue weighted by molar-refractivity contribution is -0.384. The number of imidazole rings is 1. The van der Waals surface area contributed by atoms with Crippen LogP contribution in [-0.2, 0) is 13.0 Å². The van der Waals surface area contributed by atoms with Crippen LogP contribution in [0.1, 0.15) is 36.7 Å². The lowest BCUT2D eigenvalue weighted by atomic mass is 10.2. The van der Waals surface area contributed by atoms with Crippen molar-refractivity contribution in [3.05, 3.63) is 69.5 Å². The number of hydrogen-bond acceptors (Lipinski definition) is 3. The molecule has 1 heterocycles. The Morgan fingerprint density at radius 2 is 1.92 bits per heavy atom. The summed E-state index contributed by atoms with van der Waals surface area (Å²) in [6, 6.07) is 13.0. The second kappa shape index (κ2) is 6.83. The Labute approximate surface area is 141 Å². The van der Waals surface area contributed by atoms with E-state index in [0.717, 1.165) is 41.7 Å². The molecule has 0 bridgehead atoms. The maximum atomic E-state index is 10.8. The summed E-state index contributed by atoms with van der Waals surface area (Å²) < 4.78 is 2.24. The molecule has 0 aliphatic carbocycles. The van der Waals surface area contributed by atoms with Crippen molar-refractivity contribution in [2.45, 2.75) is 39.7 Å². The molecule has 0 fully saturated rings. The summed E-state index contributed by atoms with van der Waals surface area (Å²) in [5.74, 6) is 1.08. The van der Waals surface area contributed by atoms with E-state index in [1.807, 2.05) is 12.1 Å². The molecule has 0 atom stereocenters. The van der Waals surface area contributed by atoms with Crippen molar-refractivity contribution < 1.29 is 4.92 Å². The van der Waals surface area contributed by atoms with Crippen molar-refractivity contribution in [1.82, 2.24) is 9.55 Å². The monoisotopic (exact) mass is 323 g/mol. The van der Waals surface area contributed by atoms with Crippen molar-refractivity contribution in [3.63, 3.8) is 0 Å². The van der Waals surface area contributed by atoms with Gasteiger partial charge in [0.15, 0.2) is 0 Å². The van der Waals surface area contributed by atoms with Gasteiger partial charge in [-0.25, -0.2) is 4.98 Å². The van der Waals surface area contributed by atoms with E-state index < -0.39 is 0 Å². The number of para-hydroxylation sites is 1. The van der Waals surface area contributed by atoms with Crippen LogP contribution in [0.2, 0.25) is 0 Å². The highest BCUT2D eigenvalue weighted by Gasteiger charge is 2.13. The number of nitro benzene ring substituents is 1. The minimum absolute atomic E-state index is 0.122. The van der Waals surface area contributed by atoms with Crippen molar-refractivity contribution in [3.8, 4) is 0 Å². The molecular weight excluding hydrogens is 302 g/mol. The summed E-state index contributed by atoms with van der Waals surface area (Å²) in [5.41, 5.74) is 4.51. The number of fused-ring (bicyclic) bond motifs is 1. The highest BCUT2D eigenvalue weighted by molar-refractivity contribution is 5.79. The van der Waals surface area contributed by atoms with Gasteiger partial charge in [0, 0.05) is 25.1 Å². The Kier molecular flexibility index (Phi) is 4.60. The van der Waals surface area contributed by atoms with E-state index in [1.165, 1.54) is 5.56 Å². The fraction of sp³-hybridized carbons (Fsp3) is 0.316. The van der Waals surface area contributed by atoms with Crippen molar-refractivity contribution >= 4 is 16.7 Å². The molecule has 124 valence electrons. The number of nitro groups is 1. The second-order valence-corrected chi connectivity index (χ2v) is 6.08. The first-order valence-electron chi connectivity index (χ1n) is 8.28. The Bertz CT molecular complexity index is 866. The molecule has 0 spiro atoms. The number of aromatic nitrogens is 2. The van der Waals surface area contributed by atoms with Gasteiger partial charge < -0.3 is 4.57 Å². The topological polar surface area (TPSA) is 61.0 Å². The summed E-state index contributed by atoms with van der Waals surface area (Å²) in [5, 5.41) is 10.8. The van der Waals surface area contributed by atoms with Crippen LogP contribution in [0.15, 0.2) is 42.5 Å². The fourth-order valence-corrected chi connectivity index (χ4v) is 2.94. The van der Waals surface area contributed by atoms with Gasteiger partial charge in [0.05, 0.1) is 16.0 Å². The van der Waals surface area contributed by atoms with Crippen LogP contribution in [0.4, 0.5) is 5.69 Å². The van der Waals surface area contributed by atoms with Gasteiger partial charge in [0.25, 0.3) is 5.69 Å². The van der Waals surface area contributed by atoms with Gasteiger partial charge in [-0.2, -0.15) is 0 Å². The van der Waals surface area contributed by atoms with Crippen LogP contribution in [-0.4, -0.2) is 14.5 Å². The number of benzene rings is 2. The number of nitrogens with zero attached hydrogens (tertiary/aromatic N) is 3. The molecule has 3 aromatic rings. The first-order chi connectivity index (χ1) is 11.6. The van der Waals surface area contributed by atoms with E-state index >= 15 is 0 Å². The van der Waals surface area contributed by atoms with Crippen LogP contribution in [0.5, 0.6) is 0 Å². The largest absolute Gasteiger partial charge is 0.323 e. The third kappa shape index (κ3) is 3.15. The van der Waals surface area contributed by atoms with E-state index in [2.05, 4.69) is 36.6 Å². The molecule has 0 saturated carbocycles. The molecule has 0 aliphatic heterocycles. The van der Waals surface area contributed by atoms with Crippen LogP contribution in [0, 0.1) is 17.0 Å². The van der Waals surface area contributed by atoms with Gasteiger partial charge in [-0.3, -0.25) is 10.1 Å². The van der Waals surface area contributed by atoms with Crippen molar-refractivity contribution in [2.24, 2.45) is 0 Å². The maximum Gasteiger partial charge on any atom is 0.269 e. The summed E-state index contributed by atoms with van der Waals surface area (Å²) in [4.78, 5) is 15.3. The Morgan fingerprint density at radius 1 is 1.17 bits per heavy atom. The van der Waals surface area contributed by atoms with Crippen molar-refractivity contribution in [2.75, 3.05) is 0 Å². The number of unbranched alkanes of at least 4 members (excludes halogenated alkanes) is 1. The molecule has 3 rings (SSSR count). The molecule has 5 nitrogen and oxygen atoms in total. The molecule has 24 heavy (non-hydrogen) atoms. The predicted octanol–water partition coefficient (Wildman–Crippen LogP) is 4.64. The molecule has 0 N–H and O–H groups in total. The minimum atomic E-state index is -0.369. The molecule has 0 radical (unpaired) electrons. The number of rotatable bonds is 6. The predicted molar refractivity (Wildman–Crippen MR) is 95.3 cm³/mol. The Balaban J connectivity index is 2.00. The van der Waals surface area contributed by atoms with Gasteiger partial charge in [0.2, 0.25) is 0 Å². The second-order valence-electron chi connectivity index (χ2n) is 6.08. The van der Waals surface area contributed by atoms with Gasteiger partial charge in [-0.15, -0.1) is 0 Å². The van der Waals surface area contributed by atoms with Crippen LogP contribution in [0.25, 0.3) is 11.0 Å². The van der Waals surface area contributed by atoms with Gasteiger partial charge in [0.1, 0.15) is 5.82 Å². The van der Waals surface area contributed by atoms with Crippen molar-refractivity contribution in [1.29, 1.82) is 0 Å². The molecule has 0 amide bonds.